The lowest BCUT2D eigenvalue weighted by atomic mass is 9.83. The van der Waals surface area contributed by atoms with E-state index in [1.54, 1.807) is 0 Å². The molecule has 82 valence electrons. The average molecular weight is 215 g/mol. The summed E-state index contributed by atoms with van der Waals surface area (Å²) in [6.45, 7) is 7.86. The van der Waals surface area contributed by atoms with E-state index in [0.29, 0.717) is 11.5 Å². The number of hydrogen-bond donors (Lipinski definition) is 1. The van der Waals surface area contributed by atoms with Crippen molar-refractivity contribution in [3.05, 3.63) is 0 Å². The van der Waals surface area contributed by atoms with Crippen LogP contribution < -0.4 is 5.32 Å². The molecule has 0 aromatic rings. The fraction of sp³-hybridized carbons (Fsp3) is 1.00. The van der Waals surface area contributed by atoms with Gasteiger partial charge in [-0.3, -0.25) is 5.32 Å². The number of rotatable bonds is 0. The van der Waals surface area contributed by atoms with Crippen molar-refractivity contribution in [1.82, 2.24) is 5.32 Å². The topological polar surface area (TPSA) is 21.3 Å². The molecule has 0 radical (unpaired) electrons. The minimum absolute atomic E-state index is 0.0147. The largest absolute Gasteiger partial charge is 0.360 e. The number of thioether (sulfide) groups is 1. The molecule has 2 aliphatic heterocycles. The first-order valence-electron chi connectivity index (χ1n) is 5.51. The molecule has 0 aliphatic carbocycles. The zero-order valence-electron chi connectivity index (χ0n) is 9.43. The highest BCUT2D eigenvalue weighted by Crippen LogP contribution is 2.35. The molecule has 3 heteroatoms. The molecule has 2 atom stereocenters. The maximum atomic E-state index is 5.92. The third-order valence-electron chi connectivity index (χ3n) is 3.25. The Balaban J connectivity index is 2.03. The van der Waals surface area contributed by atoms with Crippen molar-refractivity contribution in [2.75, 3.05) is 18.1 Å². The van der Waals surface area contributed by atoms with Crippen LogP contribution in [0.25, 0.3) is 0 Å². The second kappa shape index (κ2) is 3.69. The number of hydrogen-bond acceptors (Lipinski definition) is 3. The average Bonchev–Trinajstić information content (AvgIpc) is 2.52. The van der Waals surface area contributed by atoms with Gasteiger partial charge in [0.2, 0.25) is 0 Å². The number of nitrogens with one attached hydrogen (secondary N) is 1. The van der Waals surface area contributed by atoms with E-state index in [0.717, 1.165) is 18.8 Å². The van der Waals surface area contributed by atoms with Gasteiger partial charge in [-0.15, -0.1) is 0 Å². The van der Waals surface area contributed by atoms with Gasteiger partial charge in [-0.25, -0.2) is 0 Å². The van der Waals surface area contributed by atoms with Crippen molar-refractivity contribution in [3.63, 3.8) is 0 Å². The molecule has 2 fully saturated rings. The molecular weight excluding hydrogens is 194 g/mol. The summed E-state index contributed by atoms with van der Waals surface area (Å²) in [5.41, 5.74) is 0.366. The van der Waals surface area contributed by atoms with Gasteiger partial charge >= 0.3 is 0 Å². The van der Waals surface area contributed by atoms with Gasteiger partial charge < -0.3 is 4.74 Å². The molecule has 0 amide bonds. The summed E-state index contributed by atoms with van der Waals surface area (Å²) >= 11 is 2.00. The molecule has 0 aromatic heterocycles. The maximum Gasteiger partial charge on any atom is 0.129 e. The summed E-state index contributed by atoms with van der Waals surface area (Å²) in [5, 5.41) is 3.73. The van der Waals surface area contributed by atoms with Crippen molar-refractivity contribution in [2.45, 2.75) is 45.4 Å². The molecule has 2 aliphatic rings. The minimum Gasteiger partial charge on any atom is -0.360 e. The standard InChI is InChI=1S/C11H21NOS/c1-10(2,3)9-4-6-13-11(12-9)5-7-14-8-11/h9,12H,4-8H2,1-3H3. The molecule has 2 nitrogen and oxygen atoms in total. The molecule has 14 heavy (non-hydrogen) atoms. The second-order valence-electron chi connectivity index (χ2n) is 5.50. The van der Waals surface area contributed by atoms with Crippen LogP contribution in [0.2, 0.25) is 0 Å². The Hall–Kier alpha value is 0.270. The lowest BCUT2D eigenvalue weighted by Gasteiger charge is -2.44. The van der Waals surface area contributed by atoms with E-state index in [9.17, 15) is 0 Å². The van der Waals surface area contributed by atoms with Crippen LogP contribution in [0, 0.1) is 5.41 Å². The van der Waals surface area contributed by atoms with Gasteiger partial charge in [0.15, 0.2) is 0 Å². The quantitative estimate of drug-likeness (QED) is 0.669. The first-order valence-corrected chi connectivity index (χ1v) is 6.67. The highest BCUT2D eigenvalue weighted by Gasteiger charge is 2.42. The maximum absolute atomic E-state index is 5.92. The molecule has 1 N–H and O–H groups in total. The van der Waals surface area contributed by atoms with E-state index in [4.69, 9.17) is 4.74 Å². The van der Waals surface area contributed by atoms with Gasteiger partial charge in [0.05, 0.1) is 6.61 Å². The third kappa shape index (κ3) is 2.10. The molecule has 2 unspecified atom stereocenters. The van der Waals surface area contributed by atoms with Crippen LogP contribution in [0.1, 0.15) is 33.6 Å². The SMILES string of the molecule is CC(C)(C)C1CCOC2(CCSC2)N1. The first kappa shape index (κ1) is 10.8. The van der Waals surface area contributed by atoms with Crippen LogP contribution in [0.15, 0.2) is 0 Å². The smallest absolute Gasteiger partial charge is 0.129 e. The Bertz CT molecular complexity index is 206. The molecule has 1 spiro atoms. The Kier molecular flexibility index (Phi) is 2.84. The first-order chi connectivity index (χ1) is 6.52. The molecule has 0 bridgehead atoms. The summed E-state index contributed by atoms with van der Waals surface area (Å²) < 4.78 is 5.92. The van der Waals surface area contributed by atoms with Crippen molar-refractivity contribution in [2.24, 2.45) is 5.41 Å². The van der Waals surface area contributed by atoms with Gasteiger partial charge in [-0.05, 0) is 24.0 Å². The van der Waals surface area contributed by atoms with E-state index in [1.807, 2.05) is 11.8 Å². The third-order valence-corrected chi connectivity index (χ3v) is 4.42. The predicted molar refractivity (Wildman–Crippen MR) is 61.6 cm³/mol. The summed E-state index contributed by atoms with van der Waals surface area (Å²) in [6, 6.07) is 0.606. The van der Waals surface area contributed by atoms with E-state index < -0.39 is 0 Å². The fourth-order valence-corrected chi connectivity index (χ4v) is 3.49. The van der Waals surface area contributed by atoms with E-state index in [-0.39, 0.29) is 5.72 Å². The van der Waals surface area contributed by atoms with Crippen LogP contribution in [-0.4, -0.2) is 29.9 Å². The summed E-state index contributed by atoms with van der Waals surface area (Å²) in [6.07, 6.45) is 2.32. The van der Waals surface area contributed by atoms with Crippen LogP contribution in [0.3, 0.4) is 0 Å². The van der Waals surface area contributed by atoms with Gasteiger partial charge in [-0.1, -0.05) is 20.8 Å². The minimum atomic E-state index is 0.0147. The Morgan fingerprint density at radius 1 is 1.43 bits per heavy atom. The molecule has 2 rings (SSSR count). The normalized spacial score (nSPS) is 39.2. The van der Waals surface area contributed by atoms with Crippen LogP contribution >= 0.6 is 11.8 Å². The summed E-state index contributed by atoms with van der Waals surface area (Å²) in [5.74, 6) is 2.36. The Morgan fingerprint density at radius 2 is 2.21 bits per heavy atom. The van der Waals surface area contributed by atoms with Crippen LogP contribution in [0.5, 0.6) is 0 Å². The van der Waals surface area contributed by atoms with E-state index >= 15 is 0 Å². The Labute approximate surface area is 91.2 Å². The van der Waals surface area contributed by atoms with Crippen LogP contribution in [-0.2, 0) is 4.74 Å². The van der Waals surface area contributed by atoms with Crippen molar-refractivity contribution >= 4 is 11.8 Å². The molecular formula is C11H21NOS. The highest BCUT2D eigenvalue weighted by atomic mass is 32.2. The van der Waals surface area contributed by atoms with Crippen molar-refractivity contribution < 1.29 is 4.74 Å². The van der Waals surface area contributed by atoms with Crippen molar-refractivity contribution in [1.29, 1.82) is 0 Å². The molecule has 0 aromatic carbocycles. The monoisotopic (exact) mass is 215 g/mol. The van der Waals surface area contributed by atoms with Gasteiger partial charge in [0, 0.05) is 11.8 Å². The lowest BCUT2D eigenvalue weighted by molar-refractivity contribution is -0.106. The molecule has 2 saturated heterocycles. The van der Waals surface area contributed by atoms with Crippen LogP contribution in [0.4, 0.5) is 0 Å². The zero-order valence-corrected chi connectivity index (χ0v) is 10.2. The van der Waals surface area contributed by atoms with Gasteiger partial charge in [0.1, 0.15) is 5.72 Å². The molecule has 0 saturated carbocycles. The van der Waals surface area contributed by atoms with E-state index in [1.165, 1.54) is 12.2 Å². The Morgan fingerprint density at radius 3 is 2.79 bits per heavy atom. The molecule has 2 heterocycles. The fourth-order valence-electron chi connectivity index (χ4n) is 2.23. The highest BCUT2D eigenvalue weighted by molar-refractivity contribution is 7.99. The second-order valence-corrected chi connectivity index (χ2v) is 6.60. The van der Waals surface area contributed by atoms with Gasteiger partial charge in [0.25, 0.3) is 0 Å². The predicted octanol–water partition coefficient (Wildman–Crippen LogP) is 2.24. The van der Waals surface area contributed by atoms with Crippen molar-refractivity contribution in [3.8, 4) is 0 Å². The van der Waals surface area contributed by atoms with Gasteiger partial charge in [-0.2, -0.15) is 11.8 Å². The number of ether oxygens (including phenoxy) is 1. The lowest BCUT2D eigenvalue weighted by Crippen LogP contribution is -2.60. The summed E-state index contributed by atoms with van der Waals surface area (Å²) in [7, 11) is 0. The summed E-state index contributed by atoms with van der Waals surface area (Å²) in [4.78, 5) is 0. The zero-order chi connectivity index (χ0) is 10.2. The van der Waals surface area contributed by atoms with E-state index in [2.05, 4.69) is 26.1 Å².